The van der Waals surface area contributed by atoms with E-state index in [-0.39, 0.29) is 5.97 Å². The van der Waals surface area contributed by atoms with Crippen molar-refractivity contribution in [3.63, 3.8) is 0 Å². The third-order valence-electron chi connectivity index (χ3n) is 2.14. The SMILES string of the molecule is CC(C)C[C@H](NC/C=C/C(=O)O)C(=O)OC(C)(C)C. The average molecular weight is 271 g/mol. The quantitative estimate of drug-likeness (QED) is 0.547. The first kappa shape index (κ1) is 17.6. The van der Waals surface area contributed by atoms with Crippen LogP contribution in [-0.4, -0.2) is 35.2 Å². The molecule has 0 aliphatic carbocycles. The van der Waals surface area contributed by atoms with Crippen molar-refractivity contribution in [1.82, 2.24) is 5.32 Å². The van der Waals surface area contributed by atoms with E-state index in [4.69, 9.17) is 9.84 Å². The number of carbonyl (C=O) groups excluding carboxylic acids is 1. The number of aliphatic carboxylic acids is 1. The highest BCUT2D eigenvalue weighted by atomic mass is 16.6. The first-order valence-electron chi connectivity index (χ1n) is 6.47. The molecule has 110 valence electrons. The van der Waals surface area contributed by atoms with Crippen molar-refractivity contribution in [2.24, 2.45) is 5.92 Å². The number of rotatable bonds is 7. The van der Waals surface area contributed by atoms with Crippen LogP contribution >= 0.6 is 0 Å². The zero-order valence-electron chi connectivity index (χ0n) is 12.4. The van der Waals surface area contributed by atoms with Crippen molar-refractivity contribution >= 4 is 11.9 Å². The van der Waals surface area contributed by atoms with Gasteiger partial charge in [-0.1, -0.05) is 19.9 Å². The van der Waals surface area contributed by atoms with Gasteiger partial charge in [0.1, 0.15) is 11.6 Å². The van der Waals surface area contributed by atoms with E-state index in [9.17, 15) is 9.59 Å². The van der Waals surface area contributed by atoms with Gasteiger partial charge in [0.15, 0.2) is 0 Å². The molecule has 0 spiro atoms. The number of hydrogen-bond acceptors (Lipinski definition) is 4. The molecular weight excluding hydrogens is 246 g/mol. The third kappa shape index (κ3) is 10.3. The lowest BCUT2D eigenvalue weighted by Crippen LogP contribution is -2.42. The Morgan fingerprint density at radius 2 is 1.89 bits per heavy atom. The minimum Gasteiger partial charge on any atom is -0.478 e. The summed E-state index contributed by atoms with van der Waals surface area (Å²) in [5.41, 5.74) is -0.523. The summed E-state index contributed by atoms with van der Waals surface area (Å²) in [7, 11) is 0. The fourth-order valence-electron chi connectivity index (χ4n) is 1.48. The summed E-state index contributed by atoms with van der Waals surface area (Å²) in [4.78, 5) is 22.3. The van der Waals surface area contributed by atoms with E-state index in [2.05, 4.69) is 5.32 Å². The van der Waals surface area contributed by atoms with Gasteiger partial charge in [-0.25, -0.2) is 4.79 Å². The van der Waals surface area contributed by atoms with E-state index in [0.29, 0.717) is 18.9 Å². The van der Waals surface area contributed by atoms with Crippen molar-refractivity contribution in [3.8, 4) is 0 Å². The number of ether oxygens (including phenoxy) is 1. The molecule has 0 aromatic carbocycles. The van der Waals surface area contributed by atoms with E-state index < -0.39 is 17.6 Å². The molecule has 0 saturated carbocycles. The number of carboxylic acids is 1. The van der Waals surface area contributed by atoms with E-state index >= 15 is 0 Å². The molecule has 0 rings (SSSR count). The lowest BCUT2D eigenvalue weighted by atomic mass is 10.0. The standard InChI is InChI=1S/C14H25NO4/c1-10(2)9-11(13(18)19-14(3,4)5)15-8-6-7-12(16)17/h6-7,10-11,15H,8-9H2,1-5H3,(H,16,17)/b7-6+/t11-/m0/s1. The zero-order valence-corrected chi connectivity index (χ0v) is 12.4. The summed E-state index contributed by atoms with van der Waals surface area (Å²) < 4.78 is 5.34. The van der Waals surface area contributed by atoms with E-state index in [0.717, 1.165) is 6.08 Å². The Balaban J connectivity index is 4.46. The van der Waals surface area contributed by atoms with Gasteiger partial charge in [-0.05, 0) is 33.1 Å². The van der Waals surface area contributed by atoms with Gasteiger partial charge in [-0.3, -0.25) is 4.79 Å². The number of nitrogens with one attached hydrogen (secondary N) is 1. The molecule has 0 heterocycles. The van der Waals surface area contributed by atoms with Crippen LogP contribution in [0.25, 0.3) is 0 Å². The predicted octanol–water partition coefficient (Wildman–Crippen LogP) is 1.97. The van der Waals surface area contributed by atoms with Gasteiger partial charge in [-0.15, -0.1) is 0 Å². The molecule has 0 aromatic heterocycles. The Morgan fingerprint density at radius 3 is 2.32 bits per heavy atom. The van der Waals surface area contributed by atoms with Crippen LogP contribution in [0.3, 0.4) is 0 Å². The first-order valence-corrected chi connectivity index (χ1v) is 6.47. The van der Waals surface area contributed by atoms with Crippen LogP contribution < -0.4 is 5.32 Å². The molecule has 0 unspecified atom stereocenters. The van der Waals surface area contributed by atoms with Gasteiger partial charge in [0, 0.05) is 12.6 Å². The Bertz CT molecular complexity index is 329. The lowest BCUT2D eigenvalue weighted by Gasteiger charge is -2.25. The van der Waals surface area contributed by atoms with Crippen LogP contribution in [0.15, 0.2) is 12.2 Å². The summed E-state index contributed by atoms with van der Waals surface area (Å²) in [6, 6.07) is -0.419. The molecule has 0 radical (unpaired) electrons. The van der Waals surface area contributed by atoms with Gasteiger partial charge in [0.2, 0.25) is 0 Å². The monoisotopic (exact) mass is 271 g/mol. The van der Waals surface area contributed by atoms with Gasteiger partial charge in [-0.2, -0.15) is 0 Å². The Labute approximate surface area is 115 Å². The molecule has 0 fully saturated rings. The highest BCUT2D eigenvalue weighted by Crippen LogP contribution is 2.12. The third-order valence-corrected chi connectivity index (χ3v) is 2.14. The van der Waals surface area contributed by atoms with Crippen molar-refractivity contribution < 1.29 is 19.4 Å². The maximum absolute atomic E-state index is 12.0. The molecule has 0 amide bonds. The molecule has 0 saturated heterocycles. The summed E-state index contributed by atoms with van der Waals surface area (Å²) >= 11 is 0. The molecule has 5 nitrogen and oxygen atoms in total. The molecule has 0 aliphatic heterocycles. The van der Waals surface area contributed by atoms with Crippen LogP contribution in [0.1, 0.15) is 41.0 Å². The summed E-state index contributed by atoms with van der Waals surface area (Å²) in [5.74, 6) is -0.960. The van der Waals surface area contributed by atoms with Gasteiger partial charge < -0.3 is 15.2 Å². The zero-order chi connectivity index (χ0) is 15.1. The van der Waals surface area contributed by atoms with Crippen LogP contribution in [0.2, 0.25) is 0 Å². The Hall–Kier alpha value is -1.36. The van der Waals surface area contributed by atoms with Gasteiger partial charge in [0.05, 0.1) is 0 Å². The molecule has 0 bridgehead atoms. The molecule has 2 N–H and O–H groups in total. The summed E-state index contributed by atoms with van der Waals surface area (Å²) in [6.07, 6.45) is 3.17. The number of carboxylic acid groups (broad SMARTS) is 1. The van der Waals surface area contributed by atoms with Crippen LogP contribution in [0.5, 0.6) is 0 Å². The molecule has 19 heavy (non-hydrogen) atoms. The second-order valence-electron chi connectivity index (χ2n) is 5.86. The second kappa shape index (κ2) is 7.94. The Kier molecular flexibility index (Phi) is 7.37. The van der Waals surface area contributed by atoms with E-state index in [1.807, 2.05) is 34.6 Å². The summed E-state index contributed by atoms with van der Waals surface area (Å²) in [6.45, 7) is 9.83. The molecular formula is C14H25NO4. The smallest absolute Gasteiger partial charge is 0.328 e. The van der Waals surface area contributed by atoms with Crippen LogP contribution in [0.4, 0.5) is 0 Å². The molecule has 0 aliphatic rings. The lowest BCUT2D eigenvalue weighted by molar-refractivity contribution is -0.157. The number of esters is 1. The van der Waals surface area contributed by atoms with Crippen molar-refractivity contribution in [3.05, 3.63) is 12.2 Å². The predicted molar refractivity (Wildman–Crippen MR) is 73.9 cm³/mol. The highest BCUT2D eigenvalue weighted by molar-refractivity contribution is 5.79. The fourth-order valence-corrected chi connectivity index (χ4v) is 1.48. The maximum Gasteiger partial charge on any atom is 0.328 e. The normalized spacial score (nSPS) is 13.8. The van der Waals surface area contributed by atoms with Gasteiger partial charge in [0.25, 0.3) is 0 Å². The Morgan fingerprint density at radius 1 is 1.32 bits per heavy atom. The minimum atomic E-state index is -1.00. The molecule has 5 heteroatoms. The number of carbonyl (C=O) groups is 2. The average Bonchev–Trinajstić information content (AvgIpc) is 2.19. The van der Waals surface area contributed by atoms with E-state index in [1.54, 1.807) is 0 Å². The van der Waals surface area contributed by atoms with Crippen molar-refractivity contribution in [1.29, 1.82) is 0 Å². The first-order chi connectivity index (χ1) is 8.61. The fraction of sp³-hybridized carbons (Fsp3) is 0.714. The largest absolute Gasteiger partial charge is 0.478 e. The summed E-state index contributed by atoms with van der Waals surface area (Å²) in [5, 5.41) is 11.5. The molecule has 1 atom stereocenters. The van der Waals surface area contributed by atoms with E-state index in [1.165, 1.54) is 6.08 Å². The van der Waals surface area contributed by atoms with Gasteiger partial charge >= 0.3 is 11.9 Å². The highest BCUT2D eigenvalue weighted by Gasteiger charge is 2.25. The van der Waals surface area contributed by atoms with Crippen LogP contribution in [0, 0.1) is 5.92 Å². The van der Waals surface area contributed by atoms with Crippen molar-refractivity contribution in [2.75, 3.05) is 6.54 Å². The van der Waals surface area contributed by atoms with Crippen molar-refractivity contribution in [2.45, 2.75) is 52.7 Å². The van der Waals surface area contributed by atoms with Crippen LogP contribution in [-0.2, 0) is 14.3 Å². The second-order valence-corrected chi connectivity index (χ2v) is 5.86. The maximum atomic E-state index is 12.0. The minimum absolute atomic E-state index is 0.301. The molecule has 0 aromatic rings. The number of hydrogen-bond donors (Lipinski definition) is 2. The topological polar surface area (TPSA) is 75.6 Å².